The van der Waals surface area contributed by atoms with Gasteiger partial charge in [-0.2, -0.15) is 18.4 Å². The number of rotatable bonds is 3. The van der Waals surface area contributed by atoms with Crippen molar-refractivity contribution in [1.82, 2.24) is 4.72 Å². The largest absolute Gasteiger partial charge is 0.417 e. The van der Waals surface area contributed by atoms with Crippen molar-refractivity contribution >= 4 is 15.9 Å². The van der Waals surface area contributed by atoms with E-state index in [0.717, 1.165) is 12.1 Å². The van der Waals surface area contributed by atoms with Crippen LogP contribution in [-0.4, -0.2) is 26.5 Å². The van der Waals surface area contributed by atoms with Gasteiger partial charge in [-0.1, -0.05) is 0 Å². The van der Waals surface area contributed by atoms with Gasteiger partial charge in [0.05, 0.1) is 28.2 Å². The lowest BCUT2D eigenvalue weighted by atomic mass is 10.1. The minimum absolute atomic E-state index is 0.199. The molecule has 2 rings (SSSR count). The molecular weight excluding hydrogens is 349 g/mol. The van der Waals surface area contributed by atoms with Crippen LogP contribution in [0, 0.1) is 11.3 Å². The Balaban J connectivity index is 2.30. The fourth-order valence-electron chi connectivity index (χ4n) is 2.28. The van der Waals surface area contributed by atoms with Crippen LogP contribution in [0.2, 0.25) is 0 Å². The Kier molecular flexibility index (Phi) is 4.87. The van der Waals surface area contributed by atoms with Gasteiger partial charge >= 0.3 is 6.18 Å². The van der Waals surface area contributed by atoms with Gasteiger partial charge in [0.2, 0.25) is 0 Å². The Hall–Kier alpha value is -2.12. The topological polar surface area (TPSA) is 96.3 Å². The van der Waals surface area contributed by atoms with Crippen LogP contribution in [0.25, 0.3) is 0 Å². The lowest BCUT2D eigenvalue weighted by Crippen LogP contribution is -2.38. The lowest BCUT2D eigenvalue weighted by molar-refractivity contribution is -0.138. The van der Waals surface area contributed by atoms with Crippen LogP contribution in [0.4, 0.5) is 13.2 Å². The highest BCUT2D eigenvalue weighted by atomic mass is 32.2. The molecule has 0 unspecified atom stereocenters. The Morgan fingerprint density at radius 2 is 2.04 bits per heavy atom. The van der Waals surface area contributed by atoms with Crippen LogP contribution in [0.5, 0.6) is 0 Å². The van der Waals surface area contributed by atoms with Crippen molar-refractivity contribution in [2.45, 2.75) is 43.0 Å². The van der Waals surface area contributed by atoms with Gasteiger partial charge in [0, 0.05) is 0 Å². The summed E-state index contributed by atoms with van der Waals surface area (Å²) in [4.78, 5) is 11.1. The first kappa shape index (κ1) is 18.2. The van der Waals surface area contributed by atoms with Crippen molar-refractivity contribution in [1.29, 1.82) is 5.26 Å². The first-order valence-electron chi connectivity index (χ1n) is 6.88. The summed E-state index contributed by atoms with van der Waals surface area (Å²) in [6.45, 7) is 1.72. The predicted octanol–water partition coefficient (Wildman–Crippen LogP) is 1.95. The highest BCUT2D eigenvalue weighted by Crippen LogP contribution is 2.33. The maximum Gasteiger partial charge on any atom is 0.417 e. The number of carbonyl (C=O) groups excluding carboxylic acids is 1. The zero-order chi connectivity index (χ0) is 18.1. The van der Waals surface area contributed by atoms with Gasteiger partial charge in [0.15, 0.2) is 0 Å². The van der Waals surface area contributed by atoms with Crippen molar-refractivity contribution < 1.29 is 31.1 Å². The van der Waals surface area contributed by atoms with Gasteiger partial charge in [0.1, 0.15) is 6.10 Å². The summed E-state index contributed by atoms with van der Waals surface area (Å²) < 4.78 is 69.9. The molecule has 1 heterocycles. The molecule has 1 saturated heterocycles. The molecule has 2 atom stereocenters. The van der Waals surface area contributed by atoms with Crippen LogP contribution < -0.4 is 4.72 Å². The maximum atomic E-state index is 12.9. The van der Waals surface area contributed by atoms with E-state index in [9.17, 15) is 26.4 Å². The molecule has 1 amide bonds. The third-order valence-electron chi connectivity index (χ3n) is 3.49. The third kappa shape index (κ3) is 3.85. The van der Waals surface area contributed by atoms with E-state index < -0.39 is 44.2 Å². The molecule has 10 heteroatoms. The molecule has 1 aromatic carbocycles. The fourth-order valence-corrected chi connectivity index (χ4v) is 3.31. The summed E-state index contributed by atoms with van der Waals surface area (Å²) in [6.07, 6.45) is -5.16. The number of sulfonamides is 1. The van der Waals surface area contributed by atoms with E-state index in [-0.39, 0.29) is 6.10 Å². The molecule has 1 N–H and O–H groups in total. The number of alkyl halides is 3. The van der Waals surface area contributed by atoms with Gasteiger partial charge in [-0.25, -0.2) is 13.1 Å². The number of hydrogen-bond acceptors (Lipinski definition) is 5. The van der Waals surface area contributed by atoms with Gasteiger partial charge in [0.25, 0.3) is 15.9 Å². The molecule has 0 bridgehead atoms. The zero-order valence-corrected chi connectivity index (χ0v) is 13.2. The van der Waals surface area contributed by atoms with Crippen LogP contribution in [0.1, 0.15) is 30.9 Å². The molecular formula is C14H13F3N2O4S. The molecule has 0 aliphatic carbocycles. The highest BCUT2D eigenvalue weighted by molar-refractivity contribution is 7.90. The Labute approximate surface area is 136 Å². The minimum atomic E-state index is -4.90. The summed E-state index contributed by atoms with van der Waals surface area (Å²) >= 11 is 0. The lowest BCUT2D eigenvalue weighted by Gasteiger charge is -2.14. The van der Waals surface area contributed by atoms with E-state index in [1.165, 1.54) is 6.07 Å². The summed E-state index contributed by atoms with van der Waals surface area (Å²) in [5.41, 5.74) is -2.09. The molecule has 0 saturated carbocycles. The van der Waals surface area contributed by atoms with E-state index in [2.05, 4.69) is 0 Å². The fraction of sp³-hybridized carbons (Fsp3) is 0.429. The summed E-state index contributed by atoms with van der Waals surface area (Å²) in [6, 6.07) is 3.26. The number of nitriles is 1. The standard InChI is InChI=1S/C14H13F3N2O4S/c1-8-2-5-12(23-8)13(20)19-24(21,22)10-4-3-9(7-18)11(6-10)14(15,16)17/h3-4,6,8,12H,2,5H2,1H3,(H,19,20)/t8-,12-/m0/s1. The average Bonchev–Trinajstić information content (AvgIpc) is 2.92. The molecule has 130 valence electrons. The van der Waals surface area contributed by atoms with Gasteiger partial charge in [-0.15, -0.1) is 0 Å². The molecule has 0 aromatic heterocycles. The second-order valence-electron chi connectivity index (χ2n) is 5.30. The average molecular weight is 362 g/mol. The normalized spacial score (nSPS) is 21.3. The smallest absolute Gasteiger partial charge is 0.365 e. The van der Waals surface area contributed by atoms with E-state index in [1.807, 2.05) is 0 Å². The van der Waals surface area contributed by atoms with E-state index in [1.54, 1.807) is 11.6 Å². The molecule has 1 aliphatic heterocycles. The first-order chi connectivity index (χ1) is 11.0. The van der Waals surface area contributed by atoms with Crippen LogP contribution in [-0.2, 0) is 25.7 Å². The molecule has 0 spiro atoms. The maximum absolute atomic E-state index is 12.9. The molecule has 24 heavy (non-hydrogen) atoms. The molecule has 6 nitrogen and oxygen atoms in total. The number of benzene rings is 1. The van der Waals surface area contributed by atoms with Crippen molar-refractivity contribution in [2.75, 3.05) is 0 Å². The summed E-state index contributed by atoms with van der Waals surface area (Å²) in [5.74, 6) is -0.933. The monoisotopic (exact) mass is 362 g/mol. The second kappa shape index (κ2) is 6.41. The number of carbonyl (C=O) groups is 1. The third-order valence-corrected chi connectivity index (χ3v) is 4.83. The van der Waals surface area contributed by atoms with Gasteiger partial charge in [-0.05, 0) is 38.0 Å². The van der Waals surface area contributed by atoms with Crippen LogP contribution >= 0.6 is 0 Å². The minimum Gasteiger partial charge on any atom is -0.365 e. The highest BCUT2D eigenvalue weighted by Gasteiger charge is 2.36. The predicted molar refractivity (Wildman–Crippen MR) is 75.1 cm³/mol. The van der Waals surface area contributed by atoms with Crippen molar-refractivity contribution in [2.24, 2.45) is 0 Å². The number of nitrogens with zero attached hydrogens (tertiary/aromatic N) is 1. The molecule has 1 aliphatic rings. The number of ether oxygens (including phenoxy) is 1. The van der Waals surface area contributed by atoms with E-state index in [4.69, 9.17) is 10.00 Å². The first-order valence-corrected chi connectivity index (χ1v) is 8.36. The number of halogens is 3. The Morgan fingerprint density at radius 1 is 1.38 bits per heavy atom. The second-order valence-corrected chi connectivity index (χ2v) is 6.98. The Bertz CT molecular complexity index is 799. The Morgan fingerprint density at radius 3 is 2.54 bits per heavy atom. The molecule has 1 fully saturated rings. The van der Waals surface area contributed by atoms with Crippen LogP contribution in [0.3, 0.4) is 0 Å². The number of amides is 1. The molecule has 0 radical (unpaired) electrons. The zero-order valence-electron chi connectivity index (χ0n) is 12.4. The van der Waals surface area contributed by atoms with Gasteiger partial charge < -0.3 is 4.74 Å². The summed E-state index contributed by atoms with van der Waals surface area (Å²) in [5, 5.41) is 8.70. The van der Waals surface area contributed by atoms with Crippen molar-refractivity contribution in [3.8, 4) is 6.07 Å². The SMILES string of the molecule is C[C@H]1CC[C@@H](C(=O)NS(=O)(=O)c2ccc(C#N)c(C(F)(F)F)c2)O1. The van der Waals surface area contributed by atoms with E-state index in [0.29, 0.717) is 18.9 Å². The number of nitrogens with one attached hydrogen (secondary N) is 1. The quantitative estimate of drug-likeness (QED) is 0.887. The van der Waals surface area contributed by atoms with Gasteiger partial charge in [-0.3, -0.25) is 4.79 Å². The van der Waals surface area contributed by atoms with E-state index >= 15 is 0 Å². The van der Waals surface area contributed by atoms with Crippen molar-refractivity contribution in [3.63, 3.8) is 0 Å². The summed E-state index contributed by atoms with van der Waals surface area (Å²) in [7, 11) is -4.51. The number of hydrogen-bond donors (Lipinski definition) is 1. The molecule has 1 aromatic rings. The van der Waals surface area contributed by atoms with Crippen molar-refractivity contribution in [3.05, 3.63) is 29.3 Å². The van der Waals surface area contributed by atoms with Crippen LogP contribution in [0.15, 0.2) is 23.1 Å².